The first-order valence-electron chi connectivity index (χ1n) is 35.2. The fraction of sp³-hybridized carbons (Fsp3) is 0.958. The van der Waals surface area contributed by atoms with Crippen molar-refractivity contribution in [2.45, 2.75) is 292 Å². The van der Waals surface area contributed by atoms with Gasteiger partial charge in [0.2, 0.25) is 0 Å². The molecule has 485 valence electrons. The molecule has 6 N–H and O–H groups in total. The summed E-state index contributed by atoms with van der Waals surface area (Å²) in [5.41, 5.74) is 0.563. The van der Waals surface area contributed by atoms with Crippen LogP contribution in [0.15, 0.2) is 0 Å². The normalized spacial score (nSPS) is 51.1. The molecule has 0 aliphatic heterocycles. The Morgan fingerprint density at radius 2 is 0.612 bits per heavy atom. The molecule has 0 amide bonds. The molecule has 0 aromatic heterocycles. The quantitative estimate of drug-likeness (QED) is 0.100. The number of rotatable bonds is 12. The molecule has 12 rings (SSSR count). The van der Waals surface area contributed by atoms with Gasteiger partial charge in [0.05, 0.1) is 36.6 Å². The van der Waals surface area contributed by atoms with E-state index in [-0.39, 0.29) is 105 Å². The van der Waals surface area contributed by atoms with Crippen LogP contribution in [0.4, 0.5) is 0 Å². The number of hydrogen-bond donors (Lipinski definition) is 6. The first-order valence-corrected chi connectivity index (χ1v) is 35.2. The third kappa shape index (κ3) is 12.0. The molecule has 12 nitrogen and oxygen atoms in total. The van der Waals surface area contributed by atoms with Crippen LogP contribution in [0.3, 0.4) is 0 Å². The van der Waals surface area contributed by atoms with Crippen molar-refractivity contribution in [2.75, 3.05) is 0 Å². The van der Waals surface area contributed by atoms with Crippen molar-refractivity contribution in [3.05, 3.63) is 0 Å². The Kier molecular flexibility index (Phi) is 20.8. The zero-order valence-electron chi connectivity index (χ0n) is 54.1. The van der Waals surface area contributed by atoms with Gasteiger partial charge in [0.25, 0.3) is 0 Å². The topological polar surface area (TPSA) is 242 Å². The van der Waals surface area contributed by atoms with Crippen molar-refractivity contribution >= 4 is 17.9 Å². The van der Waals surface area contributed by atoms with Crippen LogP contribution < -0.4 is 15.3 Å². The Hall–Kier alpha value is -1.31. The molecule has 85 heavy (non-hydrogen) atoms. The molecular formula is C72H117FeO12. The minimum absolute atomic E-state index is 0. The van der Waals surface area contributed by atoms with Crippen LogP contribution in [0.1, 0.15) is 255 Å². The summed E-state index contributed by atoms with van der Waals surface area (Å²) in [6.07, 6.45) is 26.9. The van der Waals surface area contributed by atoms with E-state index in [1.54, 1.807) is 0 Å². The largest absolute Gasteiger partial charge is 3.00 e. The van der Waals surface area contributed by atoms with Crippen molar-refractivity contribution in [1.82, 2.24) is 0 Å². The first-order chi connectivity index (χ1) is 39.5. The van der Waals surface area contributed by atoms with Crippen LogP contribution in [0.5, 0.6) is 0 Å². The second-order valence-corrected chi connectivity index (χ2v) is 33.8. The van der Waals surface area contributed by atoms with Gasteiger partial charge >= 0.3 is 17.1 Å². The molecule has 12 aliphatic rings. The number of aliphatic hydroxyl groups is 6. The van der Waals surface area contributed by atoms with E-state index in [9.17, 15) is 60.3 Å². The maximum absolute atomic E-state index is 11.5. The predicted octanol–water partition coefficient (Wildman–Crippen LogP) is 9.43. The number of fused-ring (bicyclic) bond motifs is 15. The summed E-state index contributed by atoms with van der Waals surface area (Å²) in [5.74, 6) is 6.56. The molecule has 0 heterocycles. The number of carbonyl (C=O) groups is 3. The van der Waals surface area contributed by atoms with Crippen LogP contribution >= 0.6 is 0 Å². The van der Waals surface area contributed by atoms with E-state index in [0.717, 1.165) is 96.3 Å². The van der Waals surface area contributed by atoms with E-state index < -0.39 is 17.9 Å². The van der Waals surface area contributed by atoms with Crippen LogP contribution in [0.2, 0.25) is 0 Å². The molecule has 0 saturated heterocycles. The summed E-state index contributed by atoms with van der Waals surface area (Å²) in [6.45, 7) is 20.8. The van der Waals surface area contributed by atoms with E-state index in [0.29, 0.717) is 126 Å². The van der Waals surface area contributed by atoms with E-state index >= 15 is 0 Å². The Bertz CT molecular complexity index is 2070. The maximum Gasteiger partial charge on any atom is 3.00 e. The first kappa shape index (κ1) is 68.1. The van der Waals surface area contributed by atoms with Gasteiger partial charge in [-0.1, -0.05) is 62.3 Å². The van der Waals surface area contributed by atoms with Crippen molar-refractivity contribution in [1.29, 1.82) is 0 Å². The van der Waals surface area contributed by atoms with Crippen LogP contribution in [0.25, 0.3) is 0 Å². The molecule has 0 bridgehead atoms. The minimum atomic E-state index is -0.957. The number of carboxylic acid groups (broad SMARTS) is 3. The monoisotopic (exact) mass is 1230 g/mol. The second-order valence-electron chi connectivity index (χ2n) is 33.8. The van der Waals surface area contributed by atoms with Gasteiger partial charge in [-0.2, -0.15) is 0 Å². The van der Waals surface area contributed by atoms with E-state index in [4.69, 9.17) is 0 Å². The molecule has 12 aliphatic carbocycles. The Morgan fingerprint density at radius 3 is 0.847 bits per heavy atom. The molecule has 12 fully saturated rings. The Balaban J connectivity index is 0.000000152. The molecule has 0 aromatic carbocycles. The van der Waals surface area contributed by atoms with Crippen LogP contribution in [0, 0.1) is 139 Å². The molecule has 13 heteroatoms. The molecular weight excluding hydrogens is 1110 g/mol. The number of carboxylic acids is 3. The molecule has 12 saturated carbocycles. The zero-order chi connectivity index (χ0) is 60.8. The van der Waals surface area contributed by atoms with Gasteiger partial charge in [0.1, 0.15) is 0 Å². The van der Waals surface area contributed by atoms with Crippen molar-refractivity contribution in [3.63, 3.8) is 0 Å². The van der Waals surface area contributed by atoms with E-state index in [1.807, 2.05) is 0 Å². The van der Waals surface area contributed by atoms with Gasteiger partial charge in [0.15, 0.2) is 0 Å². The summed E-state index contributed by atoms with van der Waals surface area (Å²) in [7, 11) is 0. The zero-order valence-corrected chi connectivity index (χ0v) is 55.2. The van der Waals surface area contributed by atoms with Gasteiger partial charge in [-0.15, -0.1) is 0 Å². The number of aliphatic carboxylic acids is 3. The van der Waals surface area contributed by atoms with Gasteiger partial charge < -0.3 is 60.3 Å². The number of hydrogen-bond acceptors (Lipinski definition) is 12. The Morgan fingerprint density at radius 1 is 0.365 bits per heavy atom. The van der Waals surface area contributed by atoms with Gasteiger partial charge in [0, 0.05) is 17.9 Å². The number of aliphatic hydroxyl groups excluding tert-OH is 6. The Labute approximate surface area is 523 Å². The molecule has 1 radical (unpaired) electrons. The fourth-order valence-corrected chi connectivity index (χ4v) is 26.1. The standard InChI is InChI=1S/3C24H40O4.Fe/c3*1-14(4-9-22(27)28)18-7-8-19-17-6-5-15-12-16(25)10-11-23(15,2)20(17)13-21(26)24(18,19)3;/h3*14-21,25-26H,4-13H2,1-3H3,(H,27,28);/q;;;+3/p-3/t3*14?,15-,16-,17+,18-,19+,20+,21+,23+,24-;/m111./s1. The van der Waals surface area contributed by atoms with Crippen LogP contribution in [-0.2, 0) is 31.5 Å². The van der Waals surface area contributed by atoms with E-state index in [1.165, 1.54) is 57.8 Å². The molecule has 3 unspecified atom stereocenters. The van der Waals surface area contributed by atoms with Gasteiger partial charge in [-0.25, -0.2) is 0 Å². The summed E-state index contributed by atoms with van der Waals surface area (Å²) in [5, 5.41) is 97.8. The van der Waals surface area contributed by atoms with E-state index in [2.05, 4.69) is 62.3 Å². The summed E-state index contributed by atoms with van der Waals surface area (Å²) < 4.78 is 0. The van der Waals surface area contributed by atoms with Gasteiger partial charge in [-0.05, 0) is 332 Å². The minimum Gasteiger partial charge on any atom is -0.550 e. The number of carbonyl (C=O) groups excluding carboxylic acids is 3. The third-order valence-corrected chi connectivity index (χ3v) is 30.9. The molecule has 0 spiro atoms. The van der Waals surface area contributed by atoms with Gasteiger partial charge in [-0.3, -0.25) is 0 Å². The van der Waals surface area contributed by atoms with Crippen molar-refractivity contribution in [3.8, 4) is 0 Å². The smallest absolute Gasteiger partial charge is 0.550 e. The van der Waals surface area contributed by atoms with Crippen LogP contribution in [-0.4, -0.2) is 85.2 Å². The van der Waals surface area contributed by atoms with Crippen molar-refractivity contribution < 1.29 is 77.4 Å². The average Bonchev–Trinajstić information content (AvgIpc) is 1.74. The summed E-state index contributed by atoms with van der Waals surface area (Å²) in [6, 6.07) is 0. The van der Waals surface area contributed by atoms with Crippen molar-refractivity contribution in [2.24, 2.45) is 139 Å². The summed E-state index contributed by atoms with van der Waals surface area (Å²) in [4.78, 5) is 32.8. The third-order valence-electron chi connectivity index (χ3n) is 30.9. The maximum atomic E-state index is 11.5. The predicted molar refractivity (Wildman–Crippen MR) is 318 cm³/mol. The average molecular weight is 1230 g/mol. The molecule has 0 aromatic rings. The fourth-order valence-electron chi connectivity index (χ4n) is 26.1. The summed E-state index contributed by atoms with van der Waals surface area (Å²) >= 11 is 0. The second kappa shape index (κ2) is 26.0. The molecule has 30 atom stereocenters. The SMILES string of the molecule is CC(CCC(=O)[O-])[C@H]1CC[C@H]2[C@@H]3CC[C@@H]4C[C@H](O)CC[C@]4(C)[C@H]3C[C@H](O)[C@]12C.CC(CCC(=O)[O-])[C@H]1CC[C@H]2[C@@H]3CC[C@@H]4C[C@H](O)CC[C@]4(C)[C@H]3C[C@H](O)[C@]12C.CC(CCC(=O)[O-])[C@H]1CC[C@H]2[C@@H]3CC[C@@H]4C[C@H](O)CC[C@]4(C)[C@H]3C[C@H](O)[C@]12C.[Fe+3].